The molecule has 17 heavy (non-hydrogen) atoms. The van der Waals surface area contributed by atoms with E-state index in [9.17, 15) is 0 Å². The highest BCUT2D eigenvalue weighted by Gasteiger charge is 2.12. The van der Waals surface area contributed by atoms with Crippen molar-refractivity contribution >= 4 is 11.6 Å². The molecule has 2 nitrogen and oxygen atoms in total. The second kappa shape index (κ2) is 4.86. The number of nitrogens with zero attached hydrogens (tertiary/aromatic N) is 1. The quantitative estimate of drug-likeness (QED) is 0.882. The van der Waals surface area contributed by atoms with Gasteiger partial charge in [0.25, 0.3) is 0 Å². The molecule has 0 radical (unpaired) electrons. The van der Waals surface area contributed by atoms with Gasteiger partial charge in [-0.2, -0.15) is 0 Å². The van der Waals surface area contributed by atoms with Gasteiger partial charge in [0.1, 0.15) is 0 Å². The minimum Gasteiger partial charge on any atom is -0.320 e. The van der Waals surface area contributed by atoms with Gasteiger partial charge in [-0.1, -0.05) is 29.8 Å². The van der Waals surface area contributed by atoms with Crippen molar-refractivity contribution in [2.24, 2.45) is 5.73 Å². The van der Waals surface area contributed by atoms with Crippen molar-refractivity contribution in [3.63, 3.8) is 0 Å². The Morgan fingerprint density at radius 3 is 2.59 bits per heavy atom. The van der Waals surface area contributed by atoms with Crippen LogP contribution in [0.15, 0.2) is 36.5 Å². The summed E-state index contributed by atoms with van der Waals surface area (Å²) in [6.07, 6.45) is 1.82. The molecule has 0 saturated heterocycles. The van der Waals surface area contributed by atoms with Crippen LogP contribution in [0.1, 0.15) is 28.4 Å². The topological polar surface area (TPSA) is 38.9 Å². The Kier molecular flexibility index (Phi) is 3.46. The molecule has 88 valence electrons. The van der Waals surface area contributed by atoms with Gasteiger partial charge in [-0.15, -0.1) is 0 Å². The van der Waals surface area contributed by atoms with Crippen molar-refractivity contribution in [1.82, 2.24) is 4.98 Å². The highest BCUT2D eigenvalue weighted by molar-refractivity contribution is 6.31. The van der Waals surface area contributed by atoms with E-state index in [0.717, 1.165) is 27.4 Å². The Morgan fingerprint density at radius 1 is 1.18 bits per heavy atom. The summed E-state index contributed by atoms with van der Waals surface area (Å²) in [4.78, 5) is 4.26. The van der Waals surface area contributed by atoms with Crippen LogP contribution < -0.4 is 5.73 Å². The van der Waals surface area contributed by atoms with Crippen LogP contribution in [0.4, 0.5) is 0 Å². The number of hydrogen-bond donors (Lipinski definition) is 1. The first-order chi connectivity index (χ1) is 8.09. The molecular formula is C14H15ClN2. The van der Waals surface area contributed by atoms with Crippen molar-refractivity contribution in [1.29, 1.82) is 0 Å². The van der Waals surface area contributed by atoms with E-state index in [4.69, 9.17) is 17.3 Å². The van der Waals surface area contributed by atoms with E-state index in [1.54, 1.807) is 0 Å². The Bertz CT molecular complexity index is 520. The van der Waals surface area contributed by atoms with Gasteiger partial charge < -0.3 is 5.73 Å². The monoisotopic (exact) mass is 246 g/mol. The zero-order valence-electron chi connectivity index (χ0n) is 9.94. The fourth-order valence-corrected chi connectivity index (χ4v) is 1.99. The minimum atomic E-state index is -0.179. The van der Waals surface area contributed by atoms with Crippen LogP contribution in [0.3, 0.4) is 0 Å². The highest BCUT2D eigenvalue weighted by Crippen LogP contribution is 2.26. The summed E-state index contributed by atoms with van der Waals surface area (Å²) in [6, 6.07) is 9.60. The molecule has 1 aromatic heterocycles. The van der Waals surface area contributed by atoms with Gasteiger partial charge in [-0.25, -0.2) is 0 Å². The number of aromatic nitrogens is 1. The first kappa shape index (κ1) is 12.1. The maximum absolute atomic E-state index is 6.24. The summed E-state index contributed by atoms with van der Waals surface area (Å²) in [6.45, 7) is 3.94. The van der Waals surface area contributed by atoms with Gasteiger partial charge in [-0.3, -0.25) is 4.98 Å². The second-order valence-electron chi connectivity index (χ2n) is 4.16. The molecule has 0 spiro atoms. The van der Waals surface area contributed by atoms with Crippen LogP contribution in [0.25, 0.3) is 0 Å². The van der Waals surface area contributed by atoms with Crippen LogP contribution in [-0.4, -0.2) is 4.98 Å². The molecule has 2 aromatic rings. The smallest absolute Gasteiger partial charge is 0.0570 e. The molecule has 0 saturated carbocycles. The third-order valence-electron chi connectivity index (χ3n) is 2.94. The summed E-state index contributed by atoms with van der Waals surface area (Å²) >= 11 is 6.10. The van der Waals surface area contributed by atoms with Crippen molar-refractivity contribution < 1.29 is 0 Å². The van der Waals surface area contributed by atoms with E-state index in [-0.39, 0.29) is 6.04 Å². The Balaban J connectivity index is 2.40. The lowest BCUT2D eigenvalue weighted by Gasteiger charge is -2.15. The summed E-state index contributed by atoms with van der Waals surface area (Å²) < 4.78 is 0. The van der Waals surface area contributed by atoms with Gasteiger partial charge >= 0.3 is 0 Å². The van der Waals surface area contributed by atoms with Gasteiger partial charge in [0, 0.05) is 16.9 Å². The van der Waals surface area contributed by atoms with Crippen LogP contribution >= 0.6 is 11.6 Å². The number of halogens is 1. The number of benzene rings is 1. The molecule has 1 atom stereocenters. The largest absolute Gasteiger partial charge is 0.320 e. The van der Waals surface area contributed by atoms with Gasteiger partial charge in [0.2, 0.25) is 0 Å². The third-order valence-corrected chi connectivity index (χ3v) is 3.35. The standard InChI is InChI=1S/C14H15ClN2/c1-9-6-7-11(8-17-9)14(16)12-4-3-5-13(15)10(12)2/h3-8,14H,16H2,1-2H3. The first-order valence-corrected chi connectivity index (χ1v) is 5.90. The van der Waals surface area contributed by atoms with Crippen LogP contribution in [0, 0.1) is 13.8 Å². The van der Waals surface area contributed by atoms with E-state index in [1.165, 1.54) is 0 Å². The lowest BCUT2D eigenvalue weighted by Crippen LogP contribution is -2.13. The van der Waals surface area contributed by atoms with Gasteiger partial charge in [0.05, 0.1) is 6.04 Å². The average Bonchev–Trinajstić information content (AvgIpc) is 2.33. The maximum atomic E-state index is 6.24. The molecule has 0 aliphatic rings. The van der Waals surface area contributed by atoms with E-state index in [0.29, 0.717) is 0 Å². The fourth-order valence-electron chi connectivity index (χ4n) is 1.80. The summed E-state index contributed by atoms with van der Waals surface area (Å²) in [7, 11) is 0. The summed E-state index contributed by atoms with van der Waals surface area (Å²) in [5, 5.41) is 0.748. The van der Waals surface area contributed by atoms with Crippen LogP contribution in [0.2, 0.25) is 5.02 Å². The van der Waals surface area contributed by atoms with Crippen LogP contribution in [-0.2, 0) is 0 Å². The number of aryl methyl sites for hydroxylation is 1. The van der Waals surface area contributed by atoms with E-state index in [1.807, 2.05) is 50.4 Å². The number of rotatable bonds is 2. The molecule has 2 N–H and O–H groups in total. The molecule has 0 amide bonds. The van der Waals surface area contributed by atoms with E-state index < -0.39 is 0 Å². The summed E-state index contributed by atoms with van der Waals surface area (Å²) in [5.41, 5.74) is 10.3. The predicted octanol–water partition coefficient (Wildman–Crippen LogP) is 3.40. The molecule has 0 fully saturated rings. The third kappa shape index (κ3) is 2.48. The minimum absolute atomic E-state index is 0.179. The Labute approximate surface area is 106 Å². The number of hydrogen-bond acceptors (Lipinski definition) is 2. The molecule has 1 unspecified atom stereocenters. The highest BCUT2D eigenvalue weighted by atomic mass is 35.5. The van der Waals surface area contributed by atoms with E-state index in [2.05, 4.69) is 4.98 Å². The predicted molar refractivity (Wildman–Crippen MR) is 71.2 cm³/mol. The van der Waals surface area contributed by atoms with Gasteiger partial charge in [0.15, 0.2) is 0 Å². The Hall–Kier alpha value is -1.38. The molecule has 0 bridgehead atoms. The lowest BCUT2D eigenvalue weighted by atomic mass is 9.97. The molecule has 0 aliphatic heterocycles. The first-order valence-electron chi connectivity index (χ1n) is 5.52. The fraction of sp³-hybridized carbons (Fsp3) is 0.214. The van der Waals surface area contributed by atoms with Gasteiger partial charge in [-0.05, 0) is 42.7 Å². The number of nitrogens with two attached hydrogens (primary N) is 1. The zero-order chi connectivity index (χ0) is 12.4. The maximum Gasteiger partial charge on any atom is 0.0570 e. The molecular weight excluding hydrogens is 232 g/mol. The average molecular weight is 247 g/mol. The van der Waals surface area contributed by atoms with Crippen molar-refractivity contribution in [3.05, 3.63) is 63.9 Å². The van der Waals surface area contributed by atoms with Crippen molar-refractivity contribution in [2.45, 2.75) is 19.9 Å². The zero-order valence-corrected chi connectivity index (χ0v) is 10.7. The van der Waals surface area contributed by atoms with Crippen molar-refractivity contribution in [2.75, 3.05) is 0 Å². The Morgan fingerprint density at radius 2 is 1.94 bits per heavy atom. The molecule has 1 aromatic carbocycles. The van der Waals surface area contributed by atoms with Crippen molar-refractivity contribution in [3.8, 4) is 0 Å². The lowest BCUT2D eigenvalue weighted by molar-refractivity contribution is 0.851. The van der Waals surface area contributed by atoms with E-state index >= 15 is 0 Å². The second-order valence-corrected chi connectivity index (χ2v) is 4.57. The SMILES string of the molecule is Cc1ccc(C(N)c2cccc(Cl)c2C)cn1. The van der Waals surface area contributed by atoms with Crippen LogP contribution in [0.5, 0.6) is 0 Å². The molecule has 3 heteroatoms. The number of pyridine rings is 1. The summed E-state index contributed by atoms with van der Waals surface area (Å²) in [5.74, 6) is 0. The molecule has 1 heterocycles. The molecule has 2 rings (SSSR count). The normalized spacial score (nSPS) is 12.5. The molecule has 0 aliphatic carbocycles.